The number of hydrogen-bond acceptors (Lipinski definition) is 2. The molecular formula is C16H24N2O. The Morgan fingerprint density at radius 3 is 2.84 bits per heavy atom. The Morgan fingerprint density at radius 2 is 2.16 bits per heavy atom. The molecule has 2 atom stereocenters. The smallest absolute Gasteiger partial charge is 0.227 e. The Morgan fingerprint density at radius 1 is 1.42 bits per heavy atom. The molecule has 2 unspecified atom stereocenters. The highest BCUT2D eigenvalue weighted by molar-refractivity contribution is 5.79. The number of carbonyl (C=O) groups excluding carboxylic acids is 1. The second-order valence-electron chi connectivity index (χ2n) is 5.88. The quantitative estimate of drug-likeness (QED) is 0.884. The van der Waals surface area contributed by atoms with E-state index in [0.717, 1.165) is 18.5 Å². The van der Waals surface area contributed by atoms with Crippen molar-refractivity contribution >= 4 is 5.91 Å². The summed E-state index contributed by atoms with van der Waals surface area (Å²) >= 11 is 0. The predicted molar refractivity (Wildman–Crippen MR) is 78.0 cm³/mol. The van der Waals surface area contributed by atoms with Gasteiger partial charge < -0.3 is 10.6 Å². The van der Waals surface area contributed by atoms with Crippen molar-refractivity contribution in [2.45, 2.75) is 39.7 Å². The van der Waals surface area contributed by atoms with Gasteiger partial charge in [0.15, 0.2) is 0 Å². The van der Waals surface area contributed by atoms with E-state index in [4.69, 9.17) is 5.73 Å². The SMILES string of the molecule is Cc1ccc(C)c(CC(=O)N2CCC(C)C(N)C2)c1. The van der Waals surface area contributed by atoms with E-state index in [1.54, 1.807) is 0 Å². The highest BCUT2D eigenvalue weighted by Gasteiger charge is 2.26. The Kier molecular flexibility index (Phi) is 4.25. The van der Waals surface area contributed by atoms with E-state index in [9.17, 15) is 4.79 Å². The maximum Gasteiger partial charge on any atom is 0.227 e. The third kappa shape index (κ3) is 3.35. The highest BCUT2D eigenvalue weighted by atomic mass is 16.2. The number of hydrogen-bond donors (Lipinski definition) is 1. The van der Waals surface area contributed by atoms with Crippen molar-refractivity contribution in [2.75, 3.05) is 13.1 Å². The van der Waals surface area contributed by atoms with Crippen LogP contribution in [0.2, 0.25) is 0 Å². The first-order chi connectivity index (χ1) is 8.97. The van der Waals surface area contributed by atoms with Gasteiger partial charge in [-0.05, 0) is 37.3 Å². The molecule has 0 saturated carbocycles. The van der Waals surface area contributed by atoms with Crippen molar-refractivity contribution in [3.05, 3.63) is 34.9 Å². The van der Waals surface area contributed by atoms with Crippen LogP contribution >= 0.6 is 0 Å². The fourth-order valence-electron chi connectivity index (χ4n) is 2.59. The number of aryl methyl sites for hydroxylation is 2. The Hall–Kier alpha value is -1.35. The summed E-state index contributed by atoms with van der Waals surface area (Å²) < 4.78 is 0. The topological polar surface area (TPSA) is 46.3 Å². The summed E-state index contributed by atoms with van der Waals surface area (Å²) in [5.41, 5.74) is 9.59. The summed E-state index contributed by atoms with van der Waals surface area (Å²) in [5.74, 6) is 0.723. The average molecular weight is 260 g/mol. The Balaban J connectivity index is 2.03. The number of carbonyl (C=O) groups is 1. The van der Waals surface area contributed by atoms with E-state index in [1.807, 2.05) is 4.90 Å². The van der Waals surface area contributed by atoms with Crippen LogP contribution in [0.1, 0.15) is 30.0 Å². The molecule has 1 amide bonds. The second-order valence-corrected chi connectivity index (χ2v) is 5.88. The number of benzene rings is 1. The van der Waals surface area contributed by atoms with Gasteiger partial charge in [-0.3, -0.25) is 4.79 Å². The zero-order chi connectivity index (χ0) is 14.0. The summed E-state index contributed by atoms with van der Waals surface area (Å²) in [5, 5.41) is 0. The van der Waals surface area contributed by atoms with Crippen molar-refractivity contribution in [3.8, 4) is 0 Å². The molecule has 1 saturated heterocycles. The van der Waals surface area contributed by atoms with Gasteiger partial charge in [0.1, 0.15) is 0 Å². The maximum atomic E-state index is 12.4. The van der Waals surface area contributed by atoms with Crippen molar-refractivity contribution in [1.82, 2.24) is 4.90 Å². The minimum atomic E-state index is 0.122. The molecule has 0 radical (unpaired) electrons. The molecule has 0 aliphatic carbocycles. The molecule has 0 spiro atoms. The molecule has 1 heterocycles. The lowest BCUT2D eigenvalue weighted by Crippen LogP contribution is -2.50. The summed E-state index contributed by atoms with van der Waals surface area (Å²) in [7, 11) is 0. The zero-order valence-electron chi connectivity index (χ0n) is 12.1. The number of rotatable bonds is 2. The monoisotopic (exact) mass is 260 g/mol. The molecule has 0 aromatic heterocycles. The predicted octanol–water partition coefficient (Wildman–Crippen LogP) is 2.04. The maximum absolute atomic E-state index is 12.4. The fourth-order valence-corrected chi connectivity index (χ4v) is 2.59. The van der Waals surface area contributed by atoms with Crippen LogP contribution < -0.4 is 5.73 Å². The lowest BCUT2D eigenvalue weighted by atomic mass is 9.93. The number of nitrogens with zero attached hydrogens (tertiary/aromatic N) is 1. The first-order valence-corrected chi connectivity index (χ1v) is 7.07. The van der Waals surface area contributed by atoms with Crippen LogP contribution in [0.15, 0.2) is 18.2 Å². The molecule has 1 aromatic rings. The third-order valence-corrected chi connectivity index (χ3v) is 4.22. The van der Waals surface area contributed by atoms with Gasteiger partial charge in [0.05, 0.1) is 6.42 Å². The number of piperidine rings is 1. The fraction of sp³-hybridized carbons (Fsp3) is 0.562. The third-order valence-electron chi connectivity index (χ3n) is 4.22. The molecule has 3 nitrogen and oxygen atoms in total. The molecule has 1 aliphatic heterocycles. The van der Waals surface area contributed by atoms with E-state index in [-0.39, 0.29) is 11.9 Å². The molecule has 3 heteroatoms. The summed E-state index contributed by atoms with van der Waals surface area (Å²) in [4.78, 5) is 14.3. The molecule has 19 heavy (non-hydrogen) atoms. The van der Waals surface area contributed by atoms with Gasteiger partial charge in [-0.1, -0.05) is 30.7 Å². The van der Waals surface area contributed by atoms with Crippen LogP contribution in [0.25, 0.3) is 0 Å². The van der Waals surface area contributed by atoms with Gasteiger partial charge >= 0.3 is 0 Å². The van der Waals surface area contributed by atoms with Crippen LogP contribution in [0, 0.1) is 19.8 Å². The molecule has 2 rings (SSSR count). The van der Waals surface area contributed by atoms with E-state index in [1.165, 1.54) is 11.1 Å². The molecule has 1 fully saturated rings. The van der Waals surface area contributed by atoms with Crippen LogP contribution in [0.5, 0.6) is 0 Å². The average Bonchev–Trinajstić information content (AvgIpc) is 2.37. The first kappa shape index (κ1) is 14.1. The van der Waals surface area contributed by atoms with E-state index >= 15 is 0 Å². The summed E-state index contributed by atoms with van der Waals surface area (Å²) in [6.07, 6.45) is 1.51. The van der Waals surface area contributed by atoms with Crippen molar-refractivity contribution in [2.24, 2.45) is 11.7 Å². The minimum Gasteiger partial charge on any atom is -0.341 e. The van der Waals surface area contributed by atoms with Crippen LogP contribution in [-0.4, -0.2) is 29.9 Å². The van der Waals surface area contributed by atoms with Gasteiger partial charge in [0.2, 0.25) is 5.91 Å². The van der Waals surface area contributed by atoms with E-state index < -0.39 is 0 Å². The summed E-state index contributed by atoms with van der Waals surface area (Å²) in [6.45, 7) is 7.83. The molecule has 0 bridgehead atoms. The van der Waals surface area contributed by atoms with Gasteiger partial charge in [-0.2, -0.15) is 0 Å². The zero-order valence-corrected chi connectivity index (χ0v) is 12.1. The summed E-state index contributed by atoms with van der Waals surface area (Å²) in [6, 6.07) is 6.40. The lowest BCUT2D eigenvalue weighted by Gasteiger charge is -2.35. The molecule has 2 N–H and O–H groups in total. The van der Waals surface area contributed by atoms with E-state index in [2.05, 4.69) is 39.0 Å². The molecule has 104 valence electrons. The standard InChI is InChI=1S/C16H24N2O/c1-11-4-5-12(2)14(8-11)9-16(19)18-7-6-13(3)15(17)10-18/h4-5,8,13,15H,6-7,9-10,17H2,1-3H3. The van der Waals surface area contributed by atoms with E-state index in [0.29, 0.717) is 18.9 Å². The van der Waals surface area contributed by atoms with Crippen molar-refractivity contribution in [1.29, 1.82) is 0 Å². The van der Waals surface area contributed by atoms with Gasteiger partial charge in [0.25, 0.3) is 0 Å². The van der Waals surface area contributed by atoms with Gasteiger partial charge in [0, 0.05) is 19.1 Å². The van der Waals surface area contributed by atoms with Crippen LogP contribution in [0.3, 0.4) is 0 Å². The van der Waals surface area contributed by atoms with Crippen LogP contribution in [0.4, 0.5) is 0 Å². The molecular weight excluding hydrogens is 236 g/mol. The van der Waals surface area contributed by atoms with Crippen molar-refractivity contribution < 1.29 is 4.79 Å². The number of likely N-dealkylation sites (tertiary alicyclic amines) is 1. The highest BCUT2D eigenvalue weighted by Crippen LogP contribution is 2.18. The van der Waals surface area contributed by atoms with Crippen molar-refractivity contribution in [3.63, 3.8) is 0 Å². The number of nitrogens with two attached hydrogens (primary N) is 1. The van der Waals surface area contributed by atoms with Crippen LogP contribution in [-0.2, 0) is 11.2 Å². The van der Waals surface area contributed by atoms with Gasteiger partial charge in [-0.15, -0.1) is 0 Å². The first-order valence-electron chi connectivity index (χ1n) is 7.07. The largest absolute Gasteiger partial charge is 0.341 e. The number of amides is 1. The molecule has 1 aromatic carbocycles. The second kappa shape index (κ2) is 5.74. The minimum absolute atomic E-state index is 0.122. The lowest BCUT2D eigenvalue weighted by molar-refractivity contribution is -0.132. The van der Waals surface area contributed by atoms with Gasteiger partial charge in [-0.25, -0.2) is 0 Å². The Labute approximate surface area is 115 Å². The molecule has 1 aliphatic rings. The normalized spacial score (nSPS) is 23.5. The Bertz CT molecular complexity index is 470.